The number of carbonyl (C=O) groups excluding carboxylic acids is 1. The average molecular weight is 321 g/mol. The first-order valence-electron chi connectivity index (χ1n) is 6.18. The van der Waals surface area contributed by atoms with E-state index >= 15 is 0 Å². The van der Waals surface area contributed by atoms with E-state index in [0.717, 1.165) is 16.5 Å². The molecule has 2 aromatic rings. The lowest BCUT2D eigenvalue weighted by Crippen LogP contribution is -1.86. The molecule has 0 aliphatic heterocycles. The summed E-state index contributed by atoms with van der Waals surface area (Å²) in [5, 5.41) is 0. The molecule has 100 valence electrons. The lowest BCUT2D eigenvalue weighted by Gasteiger charge is -2.06. The molecule has 0 unspecified atom stereocenters. The maximum absolute atomic E-state index is 10.6. The van der Waals surface area contributed by atoms with Gasteiger partial charge in [0.15, 0.2) is 6.29 Å². The van der Waals surface area contributed by atoms with E-state index in [4.69, 9.17) is 4.74 Å². The van der Waals surface area contributed by atoms with Crippen molar-refractivity contribution in [1.82, 2.24) is 0 Å². The number of carbonyl (C=O) groups is 1. The van der Waals surface area contributed by atoms with Crippen LogP contribution >= 0.6 is 15.9 Å². The van der Waals surface area contributed by atoms with Crippen LogP contribution in [0.1, 0.15) is 30.6 Å². The second-order valence-corrected chi connectivity index (χ2v) is 4.78. The van der Waals surface area contributed by atoms with Crippen molar-refractivity contribution < 1.29 is 9.53 Å². The van der Waals surface area contributed by atoms with E-state index in [1.54, 1.807) is 18.2 Å². The molecule has 0 bridgehead atoms. The molecule has 0 radical (unpaired) electrons. The zero-order chi connectivity index (χ0) is 14.1. The normalized spacial score (nSPS) is 9.21. The van der Waals surface area contributed by atoms with Crippen molar-refractivity contribution in [1.29, 1.82) is 0 Å². The van der Waals surface area contributed by atoms with Gasteiger partial charge in [-0.25, -0.2) is 0 Å². The first-order valence-corrected chi connectivity index (χ1v) is 6.98. The van der Waals surface area contributed by atoms with Gasteiger partial charge in [-0.05, 0) is 46.3 Å². The monoisotopic (exact) mass is 320 g/mol. The van der Waals surface area contributed by atoms with E-state index in [0.29, 0.717) is 11.3 Å². The fraction of sp³-hybridized carbons (Fsp3) is 0.188. The smallest absolute Gasteiger partial charge is 0.151 e. The van der Waals surface area contributed by atoms with Crippen molar-refractivity contribution >= 4 is 22.2 Å². The van der Waals surface area contributed by atoms with E-state index in [1.807, 2.05) is 30.3 Å². The van der Waals surface area contributed by atoms with Gasteiger partial charge in [-0.15, -0.1) is 0 Å². The van der Waals surface area contributed by atoms with Gasteiger partial charge in [-0.3, -0.25) is 4.79 Å². The van der Waals surface area contributed by atoms with Crippen molar-refractivity contribution in [3.8, 4) is 11.5 Å². The van der Waals surface area contributed by atoms with Gasteiger partial charge in [-0.1, -0.05) is 38.5 Å². The van der Waals surface area contributed by atoms with Gasteiger partial charge in [0.05, 0.1) is 0 Å². The molecule has 0 fully saturated rings. The maximum atomic E-state index is 10.6. The van der Waals surface area contributed by atoms with Crippen molar-refractivity contribution in [2.24, 2.45) is 0 Å². The second-order valence-electron chi connectivity index (χ2n) is 3.92. The number of hydrogen-bond donors (Lipinski definition) is 0. The summed E-state index contributed by atoms with van der Waals surface area (Å²) in [4.78, 5) is 10.6. The van der Waals surface area contributed by atoms with Gasteiger partial charge in [0.2, 0.25) is 0 Å². The number of para-hydroxylation sites is 1. The van der Waals surface area contributed by atoms with Gasteiger partial charge in [-0.2, -0.15) is 0 Å². The van der Waals surface area contributed by atoms with Crippen LogP contribution in [-0.2, 0) is 0 Å². The molecular formula is C16H17BrO2. The molecule has 0 amide bonds. The molecule has 0 heterocycles. The first-order chi connectivity index (χ1) is 9.21. The summed E-state index contributed by atoms with van der Waals surface area (Å²) in [6.45, 7) is 4.25. The highest BCUT2D eigenvalue weighted by Crippen LogP contribution is 2.26. The van der Waals surface area contributed by atoms with E-state index < -0.39 is 0 Å². The zero-order valence-electron chi connectivity index (χ0n) is 11.1. The Bertz CT molecular complexity index is 509. The Morgan fingerprint density at radius 1 is 1.05 bits per heavy atom. The fourth-order valence-electron chi connectivity index (χ4n) is 1.29. The van der Waals surface area contributed by atoms with Gasteiger partial charge in [0, 0.05) is 10.0 Å². The molecule has 2 nitrogen and oxygen atoms in total. The largest absolute Gasteiger partial charge is 0.457 e. The van der Waals surface area contributed by atoms with Crippen LogP contribution in [0.15, 0.2) is 53.0 Å². The van der Waals surface area contributed by atoms with Crippen LogP contribution in [0.4, 0.5) is 0 Å². The Morgan fingerprint density at radius 2 is 1.68 bits per heavy atom. The standard InChI is InChI=1S/C13H9BrO2.C3H8/c14-13-8-12(7-6-10(13)9-15)16-11-4-2-1-3-5-11;1-3-2/h1-9H;3H2,1-2H3. The highest BCUT2D eigenvalue weighted by molar-refractivity contribution is 9.10. The van der Waals surface area contributed by atoms with Crippen molar-refractivity contribution in [2.75, 3.05) is 0 Å². The first kappa shape index (κ1) is 15.4. The Morgan fingerprint density at radius 3 is 2.21 bits per heavy atom. The molecule has 0 N–H and O–H groups in total. The molecule has 0 aromatic heterocycles. The summed E-state index contributed by atoms with van der Waals surface area (Å²) in [5.74, 6) is 1.47. The molecule has 0 saturated heterocycles. The topological polar surface area (TPSA) is 26.3 Å². The lowest BCUT2D eigenvalue weighted by atomic mass is 10.2. The quantitative estimate of drug-likeness (QED) is 0.701. The van der Waals surface area contributed by atoms with Crippen LogP contribution in [0.3, 0.4) is 0 Å². The Kier molecular flexibility index (Phi) is 6.90. The number of hydrogen-bond acceptors (Lipinski definition) is 2. The van der Waals surface area contributed by atoms with E-state index in [-0.39, 0.29) is 0 Å². The molecule has 19 heavy (non-hydrogen) atoms. The van der Waals surface area contributed by atoms with E-state index in [1.165, 1.54) is 6.42 Å². The minimum atomic E-state index is 0.611. The number of ether oxygens (including phenoxy) is 1. The van der Waals surface area contributed by atoms with Crippen LogP contribution in [0, 0.1) is 0 Å². The van der Waals surface area contributed by atoms with Crippen molar-refractivity contribution in [3.63, 3.8) is 0 Å². The molecule has 0 spiro atoms. The molecule has 0 saturated carbocycles. The van der Waals surface area contributed by atoms with E-state index in [2.05, 4.69) is 29.8 Å². The van der Waals surface area contributed by atoms with Crippen molar-refractivity contribution in [3.05, 3.63) is 58.6 Å². The summed E-state index contributed by atoms with van der Waals surface area (Å²) < 4.78 is 6.35. The Balaban J connectivity index is 0.000000550. The lowest BCUT2D eigenvalue weighted by molar-refractivity contribution is 0.112. The number of aldehydes is 1. The average Bonchev–Trinajstić information content (AvgIpc) is 2.41. The number of rotatable bonds is 3. The summed E-state index contributed by atoms with van der Waals surface area (Å²) in [7, 11) is 0. The molecule has 2 rings (SSSR count). The molecule has 0 aliphatic rings. The van der Waals surface area contributed by atoms with Crippen LogP contribution in [-0.4, -0.2) is 6.29 Å². The van der Waals surface area contributed by atoms with Crippen LogP contribution < -0.4 is 4.74 Å². The summed E-state index contributed by atoms with van der Waals surface area (Å²) >= 11 is 3.31. The van der Waals surface area contributed by atoms with Crippen LogP contribution in [0.5, 0.6) is 11.5 Å². The van der Waals surface area contributed by atoms with Crippen LogP contribution in [0.25, 0.3) is 0 Å². The highest BCUT2D eigenvalue weighted by atomic mass is 79.9. The third kappa shape index (κ3) is 5.26. The predicted molar refractivity (Wildman–Crippen MR) is 82.0 cm³/mol. The van der Waals surface area contributed by atoms with Gasteiger partial charge < -0.3 is 4.74 Å². The van der Waals surface area contributed by atoms with Crippen LogP contribution in [0.2, 0.25) is 0 Å². The number of benzene rings is 2. The molecule has 3 heteroatoms. The SMILES string of the molecule is CCC.O=Cc1ccc(Oc2ccccc2)cc1Br. The molecule has 0 aliphatic carbocycles. The minimum absolute atomic E-state index is 0.611. The predicted octanol–water partition coefficient (Wildman–Crippen LogP) is 5.47. The van der Waals surface area contributed by atoms with Gasteiger partial charge in [0.25, 0.3) is 0 Å². The number of halogens is 1. The summed E-state index contributed by atoms with van der Waals surface area (Å²) in [6, 6.07) is 14.8. The Hall–Kier alpha value is -1.61. The maximum Gasteiger partial charge on any atom is 0.151 e. The second kappa shape index (κ2) is 8.48. The summed E-state index contributed by atoms with van der Waals surface area (Å²) in [6.07, 6.45) is 2.05. The van der Waals surface area contributed by atoms with Crippen molar-refractivity contribution in [2.45, 2.75) is 20.3 Å². The Labute approximate surface area is 122 Å². The van der Waals surface area contributed by atoms with E-state index in [9.17, 15) is 4.79 Å². The highest BCUT2D eigenvalue weighted by Gasteiger charge is 2.01. The third-order valence-corrected chi connectivity index (χ3v) is 2.76. The fourth-order valence-corrected chi connectivity index (χ4v) is 1.74. The molecule has 2 aromatic carbocycles. The van der Waals surface area contributed by atoms with Gasteiger partial charge >= 0.3 is 0 Å². The third-order valence-electron chi connectivity index (χ3n) is 2.08. The summed E-state index contributed by atoms with van der Waals surface area (Å²) in [5.41, 5.74) is 0.611. The minimum Gasteiger partial charge on any atom is -0.457 e. The molecular weight excluding hydrogens is 304 g/mol. The zero-order valence-corrected chi connectivity index (χ0v) is 12.7. The van der Waals surface area contributed by atoms with Gasteiger partial charge in [0.1, 0.15) is 11.5 Å². The molecule has 0 atom stereocenters.